The molecule has 1 aliphatic rings. The predicted octanol–water partition coefficient (Wildman–Crippen LogP) is 2.96. The number of hydrogen-bond acceptors (Lipinski definition) is 4. The number of guanidine groups is 1. The molecule has 158 valence electrons. The minimum Gasteiger partial charge on any atom is -0.379 e. The van der Waals surface area contributed by atoms with Crippen LogP contribution in [0, 0.1) is 6.92 Å². The summed E-state index contributed by atoms with van der Waals surface area (Å²) >= 11 is 6.07. The number of carbonyl (C=O) groups excluding carboxylic acids is 1. The molecule has 1 aromatic carbocycles. The number of rotatable bonds is 9. The Kier molecular flexibility index (Phi) is 12.4. The highest BCUT2D eigenvalue weighted by Gasteiger charge is 2.15. The molecule has 1 unspecified atom stereocenters. The Bertz CT molecular complexity index is 640. The fraction of sp³-hybridized carbons (Fsp3) is 0.579. The van der Waals surface area contributed by atoms with Crippen molar-refractivity contribution in [1.82, 2.24) is 10.6 Å². The molecular weight excluding hydrogens is 495 g/mol. The van der Waals surface area contributed by atoms with Crippen molar-refractivity contribution in [1.29, 1.82) is 0 Å². The van der Waals surface area contributed by atoms with E-state index in [1.807, 2.05) is 19.1 Å². The Morgan fingerprint density at radius 3 is 2.86 bits per heavy atom. The molecule has 1 heterocycles. The van der Waals surface area contributed by atoms with Gasteiger partial charge < -0.3 is 25.4 Å². The van der Waals surface area contributed by atoms with Gasteiger partial charge in [0.05, 0.1) is 12.7 Å². The van der Waals surface area contributed by atoms with Crippen LogP contribution in [0.15, 0.2) is 23.2 Å². The van der Waals surface area contributed by atoms with E-state index in [0.717, 1.165) is 37.2 Å². The first-order chi connectivity index (χ1) is 13.1. The van der Waals surface area contributed by atoms with E-state index >= 15 is 0 Å². The van der Waals surface area contributed by atoms with Crippen LogP contribution in [-0.2, 0) is 14.3 Å². The van der Waals surface area contributed by atoms with Crippen molar-refractivity contribution < 1.29 is 14.3 Å². The molecule has 1 fully saturated rings. The molecule has 1 aliphatic heterocycles. The zero-order valence-corrected chi connectivity index (χ0v) is 19.5. The van der Waals surface area contributed by atoms with Crippen LogP contribution < -0.4 is 16.0 Å². The Morgan fingerprint density at radius 1 is 1.36 bits per heavy atom. The number of nitrogens with one attached hydrogen (secondary N) is 3. The van der Waals surface area contributed by atoms with Crippen LogP contribution in [0.2, 0.25) is 5.02 Å². The predicted molar refractivity (Wildman–Crippen MR) is 124 cm³/mol. The zero-order valence-electron chi connectivity index (χ0n) is 16.4. The topological polar surface area (TPSA) is 84.0 Å². The average Bonchev–Trinajstić information content (AvgIpc) is 3.17. The van der Waals surface area contributed by atoms with Gasteiger partial charge in [0.1, 0.15) is 0 Å². The molecule has 0 saturated carbocycles. The second kappa shape index (κ2) is 14.0. The summed E-state index contributed by atoms with van der Waals surface area (Å²) in [6.45, 7) is 5.31. The van der Waals surface area contributed by atoms with Crippen molar-refractivity contribution in [2.24, 2.45) is 4.99 Å². The molecule has 1 atom stereocenters. The van der Waals surface area contributed by atoms with Crippen LogP contribution in [0.3, 0.4) is 0 Å². The van der Waals surface area contributed by atoms with Crippen LogP contribution in [0.1, 0.15) is 24.8 Å². The molecule has 1 aromatic rings. The highest BCUT2D eigenvalue weighted by Crippen LogP contribution is 2.22. The van der Waals surface area contributed by atoms with Crippen LogP contribution in [0.25, 0.3) is 0 Å². The normalized spacial score (nSPS) is 16.4. The third-order valence-electron chi connectivity index (χ3n) is 4.26. The standard InChI is InChI=1S/C19H29ClN4O3.HI/c1-14-16(20)5-3-6-17(14)24-18(25)7-10-23-19(21-2)22-9-4-11-27-15-8-12-26-13-15;/h3,5-6,15H,4,7-13H2,1-2H3,(H,24,25)(H2,21,22,23);1H. The Morgan fingerprint density at radius 2 is 2.14 bits per heavy atom. The van der Waals surface area contributed by atoms with E-state index in [0.29, 0.717) is 37.2 Å². The molecule has 0 bridgehead atoms. The molecule has 1 amide bonds. The Balaban J connectivity index is 0.00000392. The maximum atomic E-state index is 12.1. The molecule has 9 heteroatoms. The van der Waals surface area contributed by atoms with E-state index in [-0.39, 0.29) is 36.0 Å². The van der Waals surface area contributed by atoms with Crippen LogP contribution in [0.4, 0.5) is 5.69 Å². The van der Waals surface area contributed by atoms with E-state index in [4.69, 9.17) is 21.1 Å². The summed E-state index contributed by atoms with van der Waals surface area (Å²) in [6.07, 6.45) is 2.43. The lowest BCUT2D eigenvalue weighted by Crippen LogP contribution is -2.39. The van der Waals surface area contributed by atoms with Crippen molar-refractivity contribution in [3.63, 3.8) is 0 Å². The lowest BCUT2D eigenvalue weighted by Gasteiger charge is -2.13. The third kappa shape index (κ3) is 8.93. The van der Waals surface area contributed by atoms with E-state index in [9.17, 15) is 4.79 Å². The number of amides is 1. The minimum atomic E-state index is -0.0736. The summed E-state index contributed by atoms with van der Waals surface area (Å²) in [5.41, 5.74) is 1.60. The molecule has 0 aliphatic carbocycles. The summed E-state index contributed by atoms with van der Waals surface area (Å²) in [6, 6.07) is 5.46. The highest BCUT2D eigenvalue weighted by molar-refractivity contribution is 14.0. The average molecular weight is 525 g/mol. The van der Waals surface area contributed by atoms with Gasteiger partial charge in [-0.1, -0.05) is 17.7 Å². The number of nitrogens with zero attached hydrogens (tertiary/aromatic N) is 1. The fourth-order valence-electron chi connectivity index (χ4n) is 2.64. The first kappa shape index (κ1) is 24.9. The Hall–Kier alpha value is -1.10. The summed E-state index contributed by atoms with van der Waals surface area (Å²) in [7, 11) is 1.71. The monoisotopic (exact) mass is 524 g/mol. The minimum absolute atomic E-state index is 0. The number of halogens is 2. The number of aliphatic imine (C=N–C) groups is 1. The molecule has 0 radical (unpaired) electrons. The van der Waals surface area contributed by atoms with Gasteiger partial charge in [-0.15, -0.1) is 24.0 Å². The summed E-state index contributed by atoms with van der Waals surface area (Å²) in [5.74, 6) is 0.599. The highest BCUT2D eigenvalue weighted by atomic mass is 127. The third-order valence-corrected chi connectivity index (χ3v) is 4.67. The van der Waals surface area contributed by atoms with Gasteiger partial charge in [0.25, 0.3) is 0 Å². The molecule has 1 saturated heterocycles. The van der Waals surface area contributed by atoms with Crippen molar-refractivity contribution >= 4 is 53.1 Å². The number of anilines is 1. The largest absolute Gasteiger partial charge is 0.379 e. The number of hydrogen-bond donors (Lipinski definition) is 3. The van der Waals surface area contributed by atoms with Gasteiger partial charge in [-0.05, 0) is 37.5 Å². The second-order valence-corrected chi connectivity index (χ2v) is 6.75. The van der Waals surface area contributed by atoms with Gasteiger partial charge in [0.2, 0.25) is 5.91 Å². The molecule has 3 N–H and O–H groups in total. The number of ether oxygens (including phenoxy) is 2. The number of carbonyl (C=O) groups is 1. The lowest BCUT2D eigenvalue weighted by atomic mass is 10.2. The van der Waals surface area contributed by atoms with Crippen molar-refractivity contribution in [2.75, 3.05) is 45.3 Å². The van der Waals surface area contributed by atoms with Gasteiger partial charge in [0, 0.05) is 50.5 Å². The molecule has 0 spiro atoms. The maximum absolute atomic E-state index is 12.1. The van der Waals surface area contributed by atoms with E-state index in [1.165, 1.54) is 0 Å². The molecule has 7 nitrogen and oxygen atoms in total. The second-order valence-electron chi connectivity index (χ2n) is 6.35. The molecule has 0 aromatic heterocycles. The quantitative estimate of drug-likeness (QED) is 0.200. The van der Waals surface area contributed by atoms with E-state index in [1.54, 1.807) is 13.1 Å². The van der Waals surface area contributed by atoms with Gasteiger partial charge in [-0.25, -0.2) is 0 Å². The SMILES string of the molecule is CN=C(NCCCOC1CCOC1)NCCC(=O)Nc1cccc(Cl)c1C.I. The zero-order chi connectivity index (χ0) is 19.5. The van der Waals surface area contributed by atoms with E-state index < -0.39 is 0 Å². The first-order valence-corrected chi connectivity index (χ1v) is 9.66. The van der Waals surface area contributed by atoms with Crippen LogP contribution in [-0.4, -0.2) is 57.9 Å². The number of benzene rings is 1. The molecule has 2 rings (SSSR count). The first-order valence-electron chi connectivity index (χ1n) is 9.29. The van der Waals surface area contributed by atoms with Crippen LogP contribution >= 0.6 is 35.6 Å². The van der Waals surface area contributed by atoms with Crippen molar-refractivity contribution in [3.8, 4) is 0 Å². The maximum Gasteiger partial charge on any atom is 0.226 e. The summed E-state index contributed by atoms with van der Waals surface area (Å²) in [4.78, 5) is 16.2. The molecular formula is C19H30ClIN4O3. The fourth-order valence-corrected chi connectivity index (χ4v) is 2.82. The van der Waals surface area contributed by atoms with Gasteiger partial charge in [0.15, 0.2) is 5.96 Å². The Labute approximate surface area is 189 Å². The van der Waals surface area contributed by atoms with Crippen molar-refractivity contribution in [2.45, 2.75) is 32.3 Å². The van der Waals surface area contributed by atoms with Gasteiger partial charge in [-0.2, -0.15) is 0 Å². The van der Waals surface area contributed by atoms with Crippen molar-refractivity contribution in [3.05, 3.63) is 28.8 Å². The summed E-state index contributed by atoms with van der Waals surface area (Å²) < 4.78 is 11.0. The van der Waals surface area contributed by atoms with Crippen LogP contribution in [0.5, 0.6) is 0 Å². The van der Waals surface area contributed by atoms with E-state index in [2.05, 4.69) is 20.9 Å². The smallest absolute Gasteiger partial charge is 0.226 e. The molecule has 28 heavy (non-hydrogen) atoms. The summed E-state index contributed by atoms with van der Waals surface area (Å²) in [5, 5.41) is 9.87. The lowest BCUT2D eigenvalue weighted by molar-refractivity contribution is -0.116. The van der Waals surface area contributed by atoms with Gasteiger partial charge in [-0.3, -0.25) is 9.79 Å². The van der Waals surface area contributed by atoms with Gasteiger partial charge >= 0.3 is 0 Å².